The molecule has 1 saturated heterocycles. The molecule has 0 bridgehead atoms. The molecule has 0 aromatic heterocycles. The fourth-order valence-corrected chi connectivity index (χ4v) is 1.65. The van der Waals surface area contributed by atoms with Gasteiger partial charge in [-0.2, -0.15) is 0 Å². The molecule has 1 rings (SSSR count). The van der Waals surface area contributed by atoms with E-state index in [1.54, 1.807) is 0 Å². The van der Waals surface area contributed by atoms with E-state index in [4.69, 9.17) is 4.74 Å². The largest absolute Gasteiger partial charge is 0.378 e. The number of aldehydes is 1. The van der Waals surface area contributed by atoms with Gasteiger partial charge in [0.25, 0.3) is 0 Å². The van der Waals surface area contributed by atoms with E-state index in [9.17, 15) is 4.79 Å². The lowest BCUT2D eigenvalue weighted by molar-refractivity contribution is -0.107. The maximum Gasteiger partial charge on any atom is 0.119 e. The number of ether oxygens (including phenoxy) is 1. The first kappa shape index (κ1) is 9.72. The van der Waals surface area contributed by atoms with Crippen LogP contribution in [-0.4, -0.2) is 19.0 Å². The maximum atomic E-state index is 10.00. The zero-order valence-corrected chi connectivity index (χ0v) is 7.63. The summed E-state index contributed by atoms with van der Waals surface area (Å²) in [6.07, 6.45) is 9.39. The van der Waals surface area contributed by atoms with E-state index in [0.717, 1.165) is 25.7 Å². The van der Waals surface area contributed by atoms with E-state index in [-0.39, 0.29) is 0 Å². The summed E-state index contributed by atoms with van der Waals surface area (Å²) in [5.74, 6) is 0. The molecule has 0 aliphatic carbocycles. The summed E-state index contributed by atoms with van der Waals surface area (Å²) in [7, 11) is 0. The zero-order valence-electron chi connectivity index (χ0n) is 7.63. The van der Waals surface area contributed by atoms with Crippen LogP contribution in [0.4, 0.5) is 0 Å². The predicted octanol–water partition coefficient (Wildman–Crippen LogP) is 2.31. The van der Waals surface area contributed by atoms with Gasteiger partial charge in [-0.05, 0) is 25.7 Å². The Kier molecular flexibility index (Phi) is 5.00. The van der Waals surface area contributed by atoms with Gasteiger partial charge in [0, 0.05) is 13.0 Å². The van der Waals surface area contributed by atoms with Gasteiger partial charge in [-0.15, -0.1) is 0 Å². The van der Waals surface area contributed by atoms with Crippen LogP contribution in [0.1, 0.15) is 44.9 Å². The highest BCUT2D eigenvalue weighted by Gasteiger charge is 2.13. The van der Waals surface area contributed by atoms with Crippen molar-refractivity contribution in [1.82, 2.24) is 0 Å². The minimum absolute atomic E-state index is 0.529. The molecule has 1 unspecified atom stereocenters. The van der Waals surface area contributed by atoms with Gasteiger partial charge in [0.15, 0.2) is 0 Å². The second-order valence-electron chi connectivity index (χ2n) is 3.44. The fourth-order valence-electron chi connectivity index (χ4n) is 1.65. The number of carbonyl (C=O) groups excluding carboxylic acids is 1. The van der Waals surface area contributed by atoms with Crippen molar-refractivity contribution in [2.45, 2.75) is 51.0 Å². The van der Waals surface area contributed by atoms with Gasteiger partial charge in [0.1, 0.15) is 6.29 Å². The maximum absolute atomic E-state index is 10.00. The van der Waals surface area contributed by atoms with E-state index in [0.29, 0.717) is 6.10 Å². The van der Waals surface area contributed by atoms with Gasteiger partial charge in [0.2, 0.25) is 0 Å². The third-order valence-electron chi connectivity index (χ3n) is 2.37. The van der Waals surface area contributed by atoms with E-state index >= 15 is 0 Å². The van der Waals surface area contributed by atoms with Gasteiger partial charge >= 0.3 is 0 Å². The SMILES string of the molecule is O=CCCCCCC1CCCO1. The van der Waals surface area contributed by atoms with Crippen molar-refractivity contribution in [3.63, 3.8) is 0 Å². The molecule has 12 heavy (non-hydrogen) atoms. The van der Waals surface area contributed by atoms with Gasteiger partial charge in [-0.3, -0.25) is 0 Å². The van der Waals surface area contributed by atoms with Crippen LogP contribution in [0.5, 0.6) is 0 Å². The highest BCUT2D eigenvalue weighted by Crippen LogP contribution is 2.18. The Labute approximate surface area is 74.3 Å². The number of hydrogen-bond donors (Lipinski definition) is 0. The summed E-state index contributed by atoms with van der Waals surface area (Å²) in [6, 6.07) is 0. The third-order valence-corrected chi connectivity index (χ3v) is 2.37. The first-order valence-electron chi connectivity index (χ1n) is 4.98. The van der Waals surface area contributed by atoms with E-state index in [1.807, 2.05) is 0 Å². The summed E-state index contributed by atoms with van der Waals surface area (Å²) in [6.45, 7) is 0.957. The lowest BCUT2D eigenvalue weighted by atomic mass is 10.1. The Balaban J connectivity index is 1.84. The molecule has 1 atom stereocenters. The quantitative estimate of drug-likeness (QED) is 0.451. The molecule has 0 radical (unpaired) electrons. The van der Waals surface area contributed by atoms with Crippen LogP contribution >= 0.6 is 0 Å². The molecule has 70 valence electrons. The van der Waals surface area contributed by atoms with Crippen LogP contribution in [0, 0.1) is 0 Å². The Bertz CT molecular complexity index is 117. The molecule has 0 amide bonds. The number of rotatable bonds is 6. The van der Waals surface area contributed by atoms with Crippen molar-refractivity contribution in [3.8, 4) is 0 Å². The topological polar surface area (TPSA) is 26.3 Å². The van der Waals surface area contributed by atoms with Crippen LogP contribution in [0.3, 0.4) is 0 Å². The first-order valence-corrected chi connectivity index (χ1v) is 4.98. The minimum Gasteiger partial charge on any atom is -0.378 e. The summed E-state index contributed by atoms with van der Waals surface area (Å²) in [5.41, 5.74) is 0. The third kappa shape index (κ3) is 3.86. The van der Waals surface area contributed by atoms with Crippen LogP contribution in [-0.2, 0) is 9.53 Å². The fraction of sp³-hybridized carbons (Fsp3) is 0.900. The van der Waals surface area contributed by atoms with Crippen molar-refractivity contribution in [2.75, 3.05) is 6.61 Å². The average molecular weight is 170 g/mol. The molecule has 0 aromatic rings. The van der Waals surface area contributed by atoms with Gasteiger partial charge in [-0.25, -0.2) is 0 Å². The highest BCUT2D eigenvalue weighted by molar-refractivity contribution is 5.48. The molecule has 0 saturated carbocycles. The second-order valence-corrected chi connectivity index (χ2v) is 3.44. The van der Waals surface area contributed by atoms with Gasteiger partial charge < -0.3 is 9.53 Å². The monoisotopic (exact) mass is 170 g/mol. The molecule has 1 aliphatic heterocycles. The highest BCUT2D eigenvalue weighted by atomic mass is 16.5. The second kappa shape index (κ2) is 6.18. The first-order chi connectivity index (χ1) is 5.93. The van der Waals surface area contributed by atoms with Crippen LogP contribution in [0.2, 0.25) is 0 Å². The van der Waals surface area contributed by atoms with Crippen molar-refractivity contribution in [1.29, 1.82) is 0 Å². The van der Waals surface area contributed by atoms with E-state index < -0.39 is 0 Å². The molecule has 1 fully saturated rings. The van der Waals surface area contributed by atoms with E-state index in [2.05, 4.69) is 0 Å². The Morgan fingerprint density at radius 3 is 2.92 bits per heavy atom. The zero-order chi connectivity index (χ0) is 8.65. The summed E-state index contributed by atoms with van der Waals surface area (Å²) in [5, 5.41) is 0. The van der Waals surface area contributed by atoms with Crippen molar-refractivity contribution < 1.29 is 9.53 Å². The molecule has 2 nitrogen and oxygen atoms in total. The van der Waals surface area contributed by atoms with Crippen LogP contribution < -0.4 is 0 Å². The molecular weight excluding hydrogens is 152 g/mol. The molecule has 1 aliphatic rings. The lowest BCUT2D eigenvalue weighted by Crippen LogP contribution is -2.03. The predicted molar refractivity (Wildman–Crippen MR) is 48.1 cm³/mol. The summed E-state index contributed by atoms with van der Waals surface area (Å²) < 4.78 is 5.49. The number of unbranched alkanes of at least 4 members (excludes halogenated alkanes) is 3. The van der Waals surface area contributed by atoms with E-state index in [1.165, 1.54) is 32.1 Å². The smallest absolute Gasteiger partial charge is 0.119 e. The van der Waals surface area contributed by atoms with Crippen molar-refractivity contribution >= 4 is 6.29 Å². The lowest BCUT2D eigenvalue weighted by Gasteiger charge is -2.07. The van der Waals surface area contributed by atoms with Crippen LogP contribution in [0.25, 0.3) is 0 Å². The molecule has 0 aromatic carbocycles. The normalized spacial score (nSPS) is 22.8. The summed E-state index contributed by atoms with van der Waals surface area (Å²) >= 11 is 0. The Hall–Kier alpha value is -0.370. The van der Waals surface area contributed by atoms with Gasteiger partial charge in [-0.1, -0.05) is 12.8 Å². The van der Waals surface area contributed by atoms with Crippen LogP contribution in [0.15, 0.2) is 0 Å². The minimum atomic E-state index is 0.529. The standard InChI is InChI=1S/C10H18O2/c11-8-4-2-1-3-6-10-7-5-9-12-10/h8,10H,1-7,9H2. The average Bonchev–Trinajstić information content (AvgIpc) is 2.57. The van der Waals surface area contributed by atoms with Gasteiger partial charge in [0.05, 0.1) is 6.10 Å². The molecular formula is C10H18O2. The number of carbonyl (C=O) groups is 1. The Morgan fingerprint density at radius 1 is 1.33 bits per heavy atom. The van der Waals surface area contributed by atoms with Crippen molar-refractivity contribution in [3.05, 3.63) is 0 Å². The molecule has 2 heteroatoms. The molecule has 1 heterocycles. The number of hydrogen-bond acceptors (Lipinski definition) is 2. The Morgan fingerprint density at radius 2 is 2.25 bits per heavy atom. The molecule has 0 N–H and O–H groups in total. The molecule has 0 spiro atoms. The van der Waals surface area contributed by atoms with Crippen molar-refractivity contribution in [2.24, 2.45) is 0 Å². The summed E-state index contributed by atoms with van der Waals surface area (Å²) in [4.78, 5) is 10.00.